The van der Waals surface area contributed by atoms with Crippen LogP contribution >= 0.6 is 0 Å². The maximum Gasteiger partial charge on any atom is 0.231 e. The van der Waals surface area contributed by atoms with Crippen LogP contribution in [0.25, 0.3) is 0 Å². The monoisotopic (exact) mass is 400 g/mol. The van der Waals surface area contributed by atoms with E-state index in [0.717, 1.165) is 11.1 Å². The fourth-order valence-corrected chi connectivity index (χ4v) is 3.66. The lowest BCUT2D eigenvalue weighted by Gasteiger charge is -2.19. The minimum atomic E-state index is -0.248. The van der Waals surface area contributed by atoms with Gasteiger partial charge in [-0.3, -0.25) is 9.59 Å². The normalized spacial score (nSPS) is 12.6. The molecule has 0 aliphatic rings. The second kappa shape index (κ2) is 10.4. The first-order chi connectivity index (χ1) is 14.6. The molecule has 154 valence electrons. The molecule has 4 heteroatoms. The van der Waals surface area contributed by atoms with E-state index < -0.39 is 0 Å². The van der Waals surface area contributed by atoms with Crippen LogP contribution in [0.2, 0.25) is 0 Å². The van der Waals surface area contributed by atoms with Crippen molar-refractivity contribution in [1.82, 2.24) is 0 Å². The van der Waals surface area contributed by atoms with Gasteiger partial charge in [-0.1, -0.05) is 86.6 Å². The van der Waals surface area contributed by atoms with E-state index in [2.05, 4.69) is 10.6 Å². The summed E-state index contributed by atoms with van der Waals surface area (Å²) in [6.07, 6.45) is 1.38. The van der Waals surface area contributed by atoms with Crippen LogP contribution in [-0.4, -0.2) is 11.8 Å². The number of carbonyl (C=O) groups excluding carboxylic acids is 2. The van der Waals surface area contributed by atoms with Crippen molar-refractivity contribution >= 4 is 23.2 Å². The highest BCUT2D eigenvalue weighted by Gasteiger charge is 2.22. The maximum absolute atomic E-state index is 13.0. The van der Waals surface area contributed by atoms with E-state index >= 15 is 0 Å². The number of rotatable bonds is 8. The highest BCUT2D eigenvalue weighted by Crippen LogP contribution is 2.28. The molecule has 2 N–H and O–H groups in total. The lowest BCUT2D eigenvalue weighted by molar-refractivity contribution is -0.118. The van der Waals surface area contributed by atoms with Crippen LogP contribution in [0, 0.1) is 0 Å². The summed E-state index contributed by atoms with van der Waals surface area (Å²) in [7, 11) is 0. The van der Waals surface area contributed by atoms with Gasteiger partial charge in [0.2, 0.25) is 11.8 Å². The first-order valence-electron chi connectivity index (χ1n) is 10.4. The number of para-hydroxylation sites is 2. The third-order valence-corrected chi connectivity index (χ3v) is 5.30. The molecule has 3 aromatic carbocycles. The lowest BCUT2D eigenvalue weighted by Crippen LogP contribution is -2.24. The Balaban J connectivity index is 1.77. The van der Waals surface area contributed by atoms with Crippen molar-refractivity contribution in [2.45, 2.75) is 38.5 Å². The summed E-state index contributed by atoms with van der Waals surface area (Å²) in [4.78, 5) is 25.9. The molecule has 3 aromatic rings. The molecule has 2 amide bonds. The molecule has 0 heterocycles. The average Bonchev–Trinajstić information content (AvgIpc) is 2.78. The Morgan fingerprint density at radius 1 is 0.600 bits per heavy atom. The van der Waals surface area contributed by atoms with Gasteiger partial charge in [-0.2, -0.15) is 0 Å². The highest BCUT2D eigenvalue weighted by molar-refractivity contribution is 6.03. The Morgan fingerprint density at radius 2 is 0.933 bits per heavy atom. The van der Waals surface area contributed by atoms with Crippen molar-refractivity contribution in [2.75, 3.05) is 10.6 Å². The van der Waals surface area contributed by atoms with Crippen LogP contribution in [0.3, 0.4) is 0 Å². The summed E-state index contributed by atoms with van der Waals surface area (Å²) in [5.74, 6) is -0.661. The van der Waals surface area contributed by atoms with Crippen molar-refractivity contribution in [3.8, 4) is 0 Å². The van der Waals surface area contributed by atoms with Crippen molar-refractivity contribution in [3.05, 3.63) is 96.1 Å². The summed E-state index contributed by atoms with van der Waals surface area (Å²) in [5, 5.41) is 6.02. The molecule has 0 saturated heterocycles. The smallest absolute Gasteiger partial charge is 0.231 e. The van der Waals surface area contributed by atoms with E-state index in [1.165, 1.54) is 0 Å². The molecule has 0 spiro atoms. The summed E-state index contributed by atoms with van der Waals surface area (Å²) in [6, 6.07) is 26.8. The quantitative estimate of drug-likeness (QED) is 0.491. The third kappa shape index (κ3) is 5.15. The first kappa shape index (κ1) is 21.3. The summed E-state index contributed by atoms with van der Waals surface area (Å²) in [6.45, 7) is 3.99. The number of carbonyl (C=O) groups is 2. The Kier molecular flexibility index (Phi) is 7.39. The van der Waals surface area contributed by atoms with Gasteiger partial charge >= 0.3 is 0 Å². The molecule has 0 fully saturated rings. The molecule has 0 aliphatic carbocycles. The van der Waals surface area contributed by atoms with Crippen LogP contribution in [-0.2, 0) is 9.59 Å². The zero-order chi connectivity index (χ0) is 21.3. The van der Waals surface area contributed by atoms with Crippen LogP contribution in [0.1, 0.15) is 49.7 Å². The highest BCUT2D eigenvalue weighted by atomic mass is 16.2. The maximum atomic E-state index is 13.0. The second-order valence-corrected chi connectivity index (χ2v) is 7.27. The van der Waals surface area contributed by atoms with Crippen LogP contribution in [0.15, 0.2) is 84.9 Å². The van der Waals surface area contributed by atoms with Gasteiger partial charge in [-0.15, -0.1) is 0 Å². The number of hydrogen-bond donors (Lipinski definition) is 2. The molecule has 0 radical (unpaired) electrons. The van der Waals surface area contributed by atoms with Gasteiger partial charge in [0.15, 0.2) is 0 Å². The van der Waals surface area contributed by atoms with Crippen molar-refractivity contribution < 1.29 is 9.59 Å². The Hall–Kier alpha value is -3.40. The molecule has 0 aromatic heterocycles. The van der Waals surface area contributed by atoms with Crippen LogP contribution in [0.4, 0.5) is 11.4 Å². The van der Waals surface area contributed by atoms with Gasteiger partial charge in [0.05, 0.1) is 23.2 Å². The molecule has 0 aliphatic heterocycles. The summed E-state index contributed by atoms with van der Waals surface area (Å²) >= 11 is 0. The van der Waals surface area contributed by atoms with E-state index in [-0.39, 0.29) is 23.7 Å². The fourth-order valence-electron chi connectivity index (χ4n) is 3.66. The zero-order valence-electron chi connectivity index (χ0n) is 17.5. The standard InChI is InChI=1S/C26H28N2O2/c1-3-21(19-13-7-5-8-14-19)25(29)27-23-17-11-12-18-24(23)28-26(30)22(4-2)20-15-9-6-10-16-20/h5-18,21-22H,3-4H2,1-2H3,(H,27,29)(H,28,30). The van der Waals surface area contributed by atoms with E-state index in [0.29, 0.717) is 24.2 Å². The molecule has 0 bridgehead atoms. The number of hydrogen-bond acceptors (Lipinski definition) is 2. The van der Waals surface area contributed by atoms with E-state index in [9.17, 15) is 9.59 Å². The zero-order valence-corrected chi connectivity index (χ0v) is 17.5. The van der Waals surface area contributed by atoms with E-state index in [4.69, 9.17) is 0 Å². The molecular weight excluding hydrogens is 372 g/mol. The lowest BCUT2D eigenvalue weighted by atomic mass is 9.95. The largest absolute Gasteiger partial charge is 0.324 e. The van der Waals surface area contributed by atoms with Crippen LogP contribution < -0.4 is 10.6 Å². The SMILES string of the molecule is CCC(C(=O)Nc1ccccc1NC(=O)C(CC)c1ccccc1)c1ccccc1. The van der Waals surface area contributed by atoms with Crippen LogP contribution in [0.5, 0.6) is 0 Å². The van der Waals surface area contributed by atoms with E-state index in [1.54, 1.807) is 0 Å². The van der Waals surface area contributed by atoms with Crippen molar-refractivity contribution in [2.24, 2.45) is 0 Å². The van der Waals surface area contributed by atoms with Crippen molar-refractivity contribution in [3.63, 3.8) is 0 Å². The van der Waals surface area contributed by atoms with Gasteiger partial charge in [-0.25, -0.2) is 0 Å². The predicted octanol–water partition coefficient (Wildman–Crippen LogP) is 5.95. The van der Waals surface area contributed by atoms with Gasteiger partial charge in [0.1, 0.15) is 0 Å². The minimum absolute atomic E-state index is 0.0829. The number of nitrogens with one attached hydrogen (secondary N) is 2. The number of amides is 2. The fraction of sp³-hybridized carbons (Fsp3) is 0.231. The Labute approximate surface area is 178 Å². The minimum Gasteiger partial charge on any atom is -0.324 e. The van der Waals surface area contributed by atoms with E-state index in [1.807, 2.05) is 98.8 Å². The third-order valence-electron chi connectivity index (χ3n) is 5.30. The molecule has 2 unspecified atom stereocenters. The summed E-state index contributed by atoms with van der Waals surface area (Å²) < 4.78 is 0. The molecule has 4 nitrogen and oxygen atoms in total. The van der Waals surface area contributed by atoms with Gasteiger partial charge in [-0.05, 0) is 36.1 Å². The Bertz CT molecular complexity index is 890. The van der Waals surface area contributed by atoms with Gasteiger partial charge in [0.25, 0.3) is 0 Å². The average molecular weight is 401 g/mol. The molecular formula is C26H28N2O2. The Morgan fingerprint density at radius 3 is 1.27 bits per heavy atom. The van der Waals surface area contributed by atoms with Gasteiger partial charge < -0.3 is 10.6 Å². The predicted molar refractivity (Wildman–Crippen MR) is 123 cm³/mol. The number of benzene rings is 3. The molecule has 2 atom stereocenters. The molecule has 3 rings (SSSR count). The molecule has 0 saturated carbocycles. The van der Waals surface area contributed by atoms with Gasteiger partial charge in [0, 0.05) is 0 Å². The first-order valence-corrected chi connectivity index (χ1v) is 10.4. The number of anilines is 2. The second-order valence-electron chi connectivity index (χ2n) is 7.27. The topological polar surface area (TPSA) is 58.2 Å². The summed E-state index contributed by atoms with van der Waals surface area (Å²) in [5.41, 5.74) is 3.17. The van der Waals surface area contributed by atoms with Crippen molar-refractivity contribution in [1.29, 1.82) is 0 Å². The molecule has 30 heavy (non-hydrogen) atoms.